The first-order valence-electron chi connectivity index (χ1n) is 7.37. The number of urea groups is 1. The van der Waals surface area contributed by atoms with Crippen molar-refractivity contribution >= 4 is 6.03 Å². The van der Waals surface area contributed by atoms with Crippen LogP contribution in [0, 0.1) is 11.6 Å². The Kier molecular flexibility index (Phi) is 4.22. The van der Waals surface area contributed by atoms with E-state index < -0.39 is 11.6 Å². The molecule has 0 radical (unpaired) electrons. The second kappa shape index (κ2) is 6.31. The van der Waals surface area contributed by atoms with Gasteiger partial charge in [-0.05, 0) is 30.5 Å². The lowest BCUT2D eigenvalue weighted by molar-refractivity contribution is 0.187. The average Bonchev–Trinajstić information content (AvgIpc) is 2.99. The number of rotatable bonds is 3. The minimum absolute atomic E-state index is 0.144. The molecule has 0 bridgehead atoms. The van der Waals surface area contributed by atoms with Gasteiger partial charge in [0.2, 0.25) is 0 Å². The van der Waals surface area contributed by atoms with Gasteiger partial charge < -0.3 is 10.2 Å². The van der Waals surface area contributed by atoms with Crippen molar-refractivity contribution in [2.75, 3.05) is 6.54 Å². The van der Waals surface area contributed by atoms with E-state index in [4.69, 9.17) is 0 Å². The zero-order valence-electron chi connectivity index (χ0n) is 12.7. The fourth-order valence-electron chi connectivity index (χ4n) is 2.74. The zero-order chi connectivity index (χ0) is 16.4. The van der Waals surface area contributed by atoms with Crippen molar-refractivity contribution in [2.24, 2.45) is 0 Å². The average molecular weight is 321 g/mol. The van der Waals surface area contributed by atoms with E-state index in [1.165, 1.54) is 12.4 Å². The number of hydrogen-bond donors (Lipinski definition) is 1. The molecule has 1 aliphatic heterocycles. The van der Waals surface area contributed by atoms with Crippen molar-refractivity contribution < 1.29 is 13.6 Å². The maximum atomic E-state index is 13.7. The third-order valence-electron chi connectivity index (χ3n) is 3.83. The molecule has 0 unspecified atom stereocenters. The zero-order valence-corrected chi connectivity index (χ0v) is 12.7. The van der Waals surface area contributed by atoms with Gasteiger partial charge in [-0.2, -0.15) is 5.10 Å². The molecule has 1 atom stereocenters. The molecule has 0 fully saturated rings. The first kappa shape index (κ1) is 15.4. The molecule has 0 saturated heterocycles. The van der Waals surface area contributed by atoms with Gasteiger partial charge >= 0.3 is 6.03 Å². The summed E-state index contributed by atoms with van der Waals surface area (Å²) < 4.78 is 28.7. The summed E-state index contributed by atoms with van der Waals surface area (Å²) in [4.78, 5) is 17.7. The molecule has 1 N–H and O–H groups in total. The second-order valence-corrected chi connectivity index (χ2v) is 5.66. The van der Waals surface area contributed by atoms with Gasteiger partial charge in [0.15, 0.2) is 0 Å². The lowest BCUT2D eigenvalue weighted by atomic mass is 9.99. The lowest BCUT2D eigenvalue weighted by Gasteiger charge is -2.30. The van der Waals surface area contributed by atoms with Crippen molar-refractivity contribution in [1.29, 1.82) is 0 Å². The molecule has 8 heteroatoms. The van der Waals surface area contributed by atoms with Crippen LogP contribution in [0.15, 0.2) is 24.8 Å². The molecular formula is C15H17F2N5O. The van der Waals surface area contributed by atoms with Gasteiger partial charge in [0, 0.05) is 25.2 Å². The number of halogens is 2. The van der Waals surface area contributed by atoms with Crippen LogP contribution >= 0.6 is 0 Å². The van der Waals surface area contributed by atoms with E-state index in [-0.39, 0.29) is 18.6 Å². The van der Waals surface area contributed by atoms with E-state index in [0.717, 1.165) is 6.07 Å². The van der Waals surface area contributed by atoms with E-state index in [2.05, 4.69) is 15.4 Å². The highest BCUT2D eigenvalue weighted by molar-refractivity contribution is 5.74. The molecule has 0 aliphatic carbocycles. The van der Waals surface area contributed by atoms with Gasteiger partial charge in [0.25, 0.3) is 0 Å². The minimum Gasteiger partial charge on any atom is -0.334 e. The number of carbonyl (C=O) groups excluding carboxylic acids is 1. The molecule has 122 valence electrons. The molecule has 1 aromatic carbocycles. The van der Waals surface area contributed by atoms with Crippen LogP contribution in [-0.2, 0) is 19.5 Å². The van der Waals surface area contributed by atoms with Crippen molar-refractivity contribution in [3.63, 3.8) is 0 Å². The summed E-state index contributed by atoms with van der Waals surface area (Å²) in [6, 6.07) is 1.77. The highest BCUT2D eigenvalue weighted by Gasteiger charge is 2.24. The molecule has 0 spiro atoms. The highest BCUT2D eigenvalue weighted by atomic mass is 19.1. The predicted octanol–water partition coefficient (Wildman–Crippen LogP) is 1.71. The maximum absolute atomic E-state index is 13.7. The number of carbonyl (C=O) groups is 1. The van der Waals surface area contributed by atoms with Gasteiger partial charge in [-0.1, -0.05) is 0 Å². The number of hydrogen-bond acceptors (Lipinski definition) is 3. The number of nitrogens with zero attached hydrogens (tertiary/aromatic N) is 4. The van der Waals surface area contributed by atoms with Crippen LogP contribution < -0.4 is 5.32 Å². The van der Waals surface area contributed by atoms with Crippen molar-refractivity contribution in [1.82, 2.24) is 25.0 Å². The predicted molar refractivity (Wildman–Crippen MR) is 78.5 cm³/mol. The first-order valence-corrected chi connectivity index (χ1v) is 7.37. The monoisotopic (exact) mass is 321 g/mol. The van der Waals surface area contributed by atoms with E-state index in [9.17, 15) is 13.6 Å². The molecule has 0 saturated carbocycles. The molecule has 23 heavy (non-hydrogen) atoms. The Bertz CT molecular complexity index is 704. The Morgan fingerprint density at radius 1 is 1.43 bits per heavy atom. The van der Waals surface area contributed by atoms with Gasteiger partial charge in [-0.3, -0.25) is 4.68 Å². The quantitative estimate of drug-likeness (QED) is 0.936. The molecule has 2 aromatic rings. The Labute approximate surface area is 132 Å². The van der Waals surface area contributed by atoms with Crippen LogP contribution in [0.5, 0.6) is 0 Å². The fourth-order valence-corrected chi connectivity index (χ4v) is 2.74. The summed E-state index contributed by atoms with van der Waals surface area (Å²) >= 11 is 0. The number of aromatic nitrogens is 3. The largest absolute Gasteiger partial charge is 0.334 e. The first-order chi connectivity index (χ1) is 11.0. The normalized spacial score (nSPS) is 15.2. The summed E-state index contributed by atoms with van der Waals surface area (Å²) in [5.74, 6) is -1.16. The van der Waals surface area contributed by atoms with Crippen LogP contribution in [0.3, 0.4) is 0 Å². The lowest BCUT2D eigenvalue weighted by Crippen LogP contribution is -2.47. The van der Waals surface area contributed by atoms with E-state index in [1.54, 1.807) is 15.9 Å². The van der Waals surface area contributed by atoms with Crippen LogP contribution in [0.25, 0.3) is 0 Å². The van der Waals surface area contributed by atoms with Gasteiger partial charge in [-0.15, -0.1) is 0 Å². The highest BCUT2D eigenvalue weighted by Crippen LogP contribution is 2.23. The summed E-state index contributed by atoms with van der Waals surface area (Å²) in [7, 11) is 0. The van der Waals surface area contributed by atoms with Crippen LogP contribution in [0.1, 0.15) is 18.1 Å². The molecular weight excluding hydrogens is 304 g/mol. The molecule has 2 amide bonds. The van der Waals surface area contributed by atoms with Gasteiger partial charge in [0.1, 0.15) is 24.3 Å². The Balaban J connectivity index is 1.62. The van der Waals surface area contributed by atoms with Gasteiger partial charge in [0.05, 0.1) is 6.54 Å². The van der Waals surface area contributed by atoms with Crippen molar-refractivity contribution in [2.45, 2.75) is 32.5 Å². The van der Waals surface area contributed by atoms with Crippen LogP contribution in [0.4, 0.5) is 13.6 Å². The topological polar surface area (TPSA) is 63.1 Å². The summed E-state index contributed by atoms with van der Waals surface area (Å²) in [6.45, 7) is 2.96. The van der Waals surface area contributed by atoms with Gasteiger partial charge in [-0.25, -0.2) is 18.6 Å². The Morgan fingerprint density at radius 2 is 2.26 bits per heavy atom. The fraction of sp³-hybridized carbons (Fsp3) is 0.400. The third-order valence-corrected chi connectivity index (χ3v) is 3.83. The number of fused-ring (bicyclic) bond motifs is 1. The second-order valence-electron chi connectivity index (χ2n) is 5.66. The smallest absolute Gasteiger partial charge is 0.317 e. The standard InChI is InChI=1S/C15H17F2N5O/c1-10(6-22-9-18-8-19-22)20-15(23)21-3-2-13-11(7-21)4-12(16)5-14(13)17/h4-5,8-10H,2-3,6-7H2,1H3,(H,20,23)/t10-/m1/s1. The van der Waals surface area contributed by atoms with Crippen molar-refractivity contribution in [3.8, 4) is 0 Å². The summed E-state index contributed by atoms with van der Waals surface area (Å²) in [6.07, 6.45) is 3.39. The van der Waals surface area contributed by atoms with E-state index >= 15 is 0 Å². The SMILES string of the molecule is C[C@H](Cn1cncn1)NC(=O)N1CCc2c(F)cc(F)cc2C1. The summed E-state index contributed by atoms with van der Waals surface area (Å²) in [5, 5.41) is 6.84. The minimum atomic E-state index is -0.622. The number of benzene rings is 1. The van der Waals surface area contributed by atoms with E-state index in [1.807, 2.05) is 6.92 Å². The van der Waals surface area contributed by atoms with Crippen LogP contribution in [0.2, 0.25) is 0 Å². The Hall–Kier alpha value is -2.51. The third kappa shape index (κ3) is 3.46. The van der Waals surface area contributed by atoms with E-state index in [0.29, 0.717) is 30.6 Å². The maximum Gasteiger partial charge on any atom is 0.317 e. The molecule has 2 heterocycles. The number of amides is 2. The number of nitrogens with one attached hydrogen (secondary N) is 1. The summed E-state index contributed by atoms with van der Waals surface area (Å²) in [5.41, 5.74) is 1.01. The molecule has 3 rings (SSSR count). The molecule has 6 nitrogen and oxygen atoms in total. The van der Waals surface area contributed by atoms with Crippen LogP contribution in [-0.4, -0.2) is 38.3 Å². The Morgan fingerprint density at radius 3 is 3.00 bits per heavy atom. The molecule has 1 aliphatic rings. The molecule has 1 aromatic heterocycles. The van der Waals surface area contributed by atoms with Crippen molar-refractivity contribution in [3.05, 3.63) is 47.5 Å².